The van der Waals surface area contributed by atoms with Crippen LogP contribution in [0.1, 0.15) is 36.9 Å². The third-order valence-electron chi connectivity index (χ3n) is 3.85. The molecule has 2 N–H and O–H groups in total. The molecule has 1 saturated heterocycles. The fourth-order valence-electron chi connectivity index (χ4n) is 2.86. The monoisotopic (exact) mass is 262 g/mol. The van der Waals surface area contributed by atoms with Crippen LogP contribution >= 0.6 is 0 Å². The van der Waals surface area contributed by atoms with Gasteiger partial charge in [-0.05, 0) is 37.5 Å². The van der Waals surface area contributed by atoms with Crippen molar-refractivity contribution in [2.75, 3.05) is 13.7 Å². The van der Waals surface area contributed by atoms with Crippen LogP contribution in [0.15, 0.2) is 18.2 Å². The van der Waals surface area contributed by atoms with Gasteiger partial charge in [-0.15, -0.1) is 0 Å². The average Bonchev–Trinajstić information content (AvgIpc) is 2.41. The molecule has 1 aromatic rings. The zero-order valence-corrected chi connectivity index (χ0v) is 11.8. The highest BCUT2D eigenvalue weighted by atomic mass is 16.5. The fraction of sp³-hybridized carbons (Fsp3) is 0.533. The van der Waals surface area contributed by atoms with E-state index in [1.165, 1.54) is 0 Å². The molecule has 104 valence electrons. The van der Waals surface area contributed by atoms with Gasteiger partial charge >= 0.3 is 0 Å². The maximum atomic E-state index is 12.0. The minimum atomic E-state index is -0.0177. The molecule has 0 bridgehead atoms. The Balaban J connectivity index is 2.36. The molecule has 2 unspecified atom stereocenters. The highest BCUT2D eigenvalue weighted by Gasteiger charge is 2.33. The van der Waals surface area contributed by atoms with E-state index in [0.29, 0.717) is 13.0 Å². The number of carbonyl (C=O) groups is 1. The number of likely N-dealkylation sites (N-methyl/N-ethyl adjacent to an activating group) is 1. The van der Waals surface area contributed by atoms with Crippen molar-refractivity contribution in [3.63, 3.8) is 0 Å². The second-order valence-corrected chi connectivity index (χ2v) is 5.06. The van der Waals surface area contributed by atoms with Gasteiger partial charge in [0.05, 0.1) is 13.2 Å². The van der Waals surface area contributed by atoms with Crippen molar-refractivity contribution in [1.29, 1.82) is 0 Å². The SMILES string of the molecule is CCN1C(=O)CCC(N)C1c1ccc(OC)c(C)c1. The summed E-state index contributed by atoms with van der Waals surface area (Å²) in [5.41, 5.74) is 8.40. The van der Waals surface area contributed by atoms with Gasteiger partial charge in [-0.3, -0.25) is 4.79 Å². The van der Waals surface area contributed by atoms with Crippen molar-refractivity contribution in [3.05, 3.63) is 29.3 Å². The lowest BCUT2D eigenvalue weighted by atomic mass is 9.90. The number of likely N-dealkylation sites (tertiary alicyclic amines) is 1. The van der Waals surface area contributed by atoms with E-state index < -0.39 is 0 Å². The molecule has 2 rings (SSSR count). The molecule has 0 spiro atoms. The van der Waals surface area contributed by atoms with Crippen LogP contribution in [-0.4, -0.2) is 30.5 Å². The molecule has 4 heteroatoms. The molecule has 0 saturated carbocycles. The Kier molecular flexibility index (Phi) is 4.10. The molecule has 1 amide bonds. The summed E-state index contributed by atoms with van der Waals surface area (Å²) in [7, 11) is 1.66. The van der Waals surface area contributed by atoms with Gasteiger partial charge in [0.1, 0.15) is 5.75 Å². The molecule has 1 heterocycles. The van der Waals surface area contributed by atoms with E-state index in [1.807, 2.05) is 30.9 Å². The first-order valence-corrected chi connectivity index (χ1v) is 6.78. The van der Waals surface area contributed by atoms with Crippen molar-refractivity contribution >= 4 is 5.91 Å². The zero-order chi connectivity index (χ0) is 14.0. The van der Waals surface area contributed by atoms with Gasteiger partial charge < -0.3 is 15.4 Å². The number of hydrogen-bond acceptors (Lipinski definition) is 3. The van der Waals surface area contributed by atoms with Gasteiger partial charge in [-0.25, -0.2) is 0 Å². The first-order valence-electron chi connectivity index (χ1n) is 6.78. The van der Waals surface area contributed by atoms with Crippen LogP contribution in [0.4, 0.5) is 0 Å². The van der Waals surface area contributed by atoms with Crippen LogP contribution in [0.5, 0.6) is 5.75 Å². The number of nitrogens with zero attached hydrogens (tertiary/aromatic N) is 1. The molecule has 2 atom stereocenters. The molecule has 1 fully saturated rings. The van der Waals surface area contributed by atoms with Crippen molar-refractivity contribution < 1.29 is 9.53 Å². The highest BCUT2D eigenvalue weighted by molar-refractivity contribution is 5.78. The van der Waals surface area contributed by atoms with Crippen molar-refractivity contribution in [2.45, 2.75) is 38.8 Å². The number of rotatable bonds is 3. The second-order valence-electron chi connectivity index (χ2n) is 5.06. The number of ether oxygens (including phenoxy) is 1. The van der Waals surface area contributed by atoms with Gasteiger partial charge in [0.25, 0.3) is 0 Å². The van der Waals surface area contributed by atoms with E-state index in [2.05, 4.69) is 6.07 Å². The third kappa shape index (κ3) is 2.59. The summed E-state index contributed by atoms with van der Waals surface area (Å²) in [6.45, 7) is 4.70. The maximum Gasteiger partial charge on any atom is 0.223 e. The Morgan fingerprint density at radius 1 is 1.47 bits per heavy atom. The van der Waals surface area contributed by atoms with E-state index in [4.69, 9.17) is 10.5 Å². The molecule has 19 heavy (non-hydrogen) atoms. The maximum absolute atomic E-state index is 12.0. The smallest absolute Gasteiger partial charge is 0.223 e. The van der Waals surface area contributed by atoms with Crippen molar-refractivity contribution in [1.82, 2.24) is 4.90 Å². The third-order valence-corrected chi connectivity index (χ3v) is 3.85. The lowest BCUT2D eigenvalue weighted by molar-refractivity contribution is -0.137. The quantitative estimate of drug-likeness (QED) is 0.906. The molecule has 0 aliphatic carbocycles. The van der Waals surface area contributed by atoms with E-state index in [-0.39, 0.29) is 18.0 Å². The normalized spacial score (nSPS) is 23.6. The Bertz CT molecular complexity index is 473. The molecule has 4 nitrogen and oxygen atoms in total. The predicted octanol–water partition coefficient (Wildman–Crippen LogP) is 2.01. The van der Waals surface area contributed by atoms with Gasteiger partial charge in [0, 0.05) is 19.0 Å². The Morgan fingerprint density at radius 2 is 2.21 bits per heavy atom. The summed E-state index contributed by atoms with van der Waals surface area (Å²) in [6, 6.07) is 6.02. The number of nitrogens with two attached hydrogens (primary N) is 1. The van der Waals surface area contributed by atoms with E-state index >= 15 is 0 Å². The number of amides is 1. The number of carbonyl (C=O) groups excluding carboxylic acids is 1. The summed E-state index contributed by atoms with van der Waals surface area (Å²) in [4.78, 5) is 13.9. The zero-order valence-electron chi connectivity index (χ0n) is 11.8. The highest BCUT2D eigenvalue weighted by Crippen LogP contribution is 2.32. The largest absolute Gasteiger partial charge is 0.496 e. The van der Waals surface area contributed by atoms with Crippen LogP contribution in [0, 0.1) is 6.92 Å². The Morgan fingerprint density at radius 3 is 2.79 bits per heavy atom. The topological polar surface area (TPSA) is 55.6 Å². The summed E-state index contributed by atoms with van der Waals surface area (Å²) in [6.07, 6.45) is 1.31. The molecule has 1 aliphatic heterocycles. The summed E-state index contributed by atoms with van der Waals surface area (Å²) in [5, 5.41) is 0. The number of benzene rings is 1. The second kappa shape index (κ2) is 5.61. The summed E-state index contributed by atoms with van der Waals surface area (Å²) < 4.78 is 5.28. The lowest BCUT2D eigenvalue weighted by Crippen LogP contribution is -2.48. The lowest BCUT2D eigenvalue weighted by Gasteiger charge is -2.39. The molecular formula is C15H22N2O2. The number of piperidine rings is 1. The molecule has 0 aromatic heterocycles. The van der Waals surface area contributed by atoms with E-state index in [1.54, 1.807) is 7.11 Å². The number of methoxy groups -OCH3 is 1. The summed E-state index contributed by atoms with van der Waals surface area (Å²) >= 11 is 0. The van der Waals surface area contributed by atoms with Crippen LogP contribution in [0.25, 0.3) is 0 Å². The minimum absolute atomic E-state index is 0.00504. The predicted molar refractivity (Wildman–Crippen MR) is 75.1 cm³/mol. The first kappa shape index (κ1) is 13.9. The van der Waals surface area contributed by atoms with Crippen LogP contribution in [-0.2, 0) is 4.79 Å². The van der Waals surface area contributed by atoms with Gasteiger partial charge in [-0.1, -0.05) is 12.1 Å². The van der Waals surface area contributed by atoms with E-state index in [9.17, 15) is 4.79 Å². The molecule has 1 aromatic carbocycles. The van der Waals surface area contributed by atoms with Gasteiger partial charge in [-0.2, -0.15) is 0 Å². The van der Waals surface area contributed by atoms with Crippen molar-refractivity contribution in [3.8, 4) is 5.75 Å². The molecule has 1 aliphatic rings. The number of aryl methyl sites for hydroxylation is 1. The van der Waals surface area contributed by atoms with Crippen LogP contribution in [0.2, 0.25) is 0 Å². The fourth-order valence-corrected chi connectivity index (χ4v) is 2.86. The first-order chi connectivity index (χ1) is 9.08. The minimum Gasteiger partial charge on any atom is -0.496 e. The van der Waals surface area contributed by atoms with Gasteiger partial charge in [0.15, 0.2) is 0 Å². The van der Waals surface area contributed by atoms with Crippen LogP contribution < -0.4 is 10.5 Å². The molecular weight excluding hydrogens is 240 g/mol. The van der Waals surface area contributed by atoms with Crippen molar-refractivity contribution in [2.24, 2.45) is 5.73 Å². The van der Waals surface area contributed by atoms with Crippen LogP contribution in [0.3, 0.4) is 0 Å². The van der Waals surface area contributed by atoms with Gasteiger partial charge in [0.2, 0.25) is 5.91 Å². The molecule has 0 radical (unpaired) electrons. The average molecular weight is 262 g/mol. The number of hydrogen-bond donors (Lipinski definition) is 1. The standard InChI is InChI=1S/C15H22N2O2/c1-4-17-14(18)8-6-12(16)15(17)11-5-7-13(19-3)10(2)9-11/h5,7,9,12,15H,4,6,8,16H2,1-3H3. The van der Waals surface area contributed by atoms with E-state index in [0.717, 1.165) is 23.3 Å². The summed E-state index contributed by atoms with van der Waals surface area (Å²) in [5.74, 6) is 1.06. The Hall–Kier alpha value is -1.55. The Labute approximate surface area is 114 Å².